The molecule has 0 aliphatic rings. The summed E-state index contributed by atoms with van der Waals surface area (Å²) in [5.74, 6) is -0.209. The van der Waals surface area contributed by atoms with Crippen molar-refractivity contribution in [1.29, 1.82) is 0 Å². The minimum atomic E-state index is -0.709. The second kappa shape index (κ2) is 7.12. The molecule has 20 heavy (non-hydrogen) atoms. The molecule has 3 N–H and O–H groups in total. The number of phenols is 1. The maximum Gasteiger partial charge on any atom is 0.167 e. The van der Waals surface area contributed by atoms with Crippen molar-refractivity contribution in [3.05, 3.63) is 17.7 Å². The molecule has 0 aliphatic carbocycles. The van der Waals surface area contributed by atoms with Gasteiger partial charge in [-0.3, -0.25) is 4.79 Å². The van der Waals surface area contributed by atoms with Gasteiger partial charge in [-0.15, -0.1) is 0 Å². The van der Waals surface area contributed by atoms with E-state index < -0.39 is 12.2 Å². The van der Waals surface area contributed by atoms with Crippen molar-refractivity contribution in [1.82, 2.24) is 0 Å². The molecule has 1 rings (SSSR count). The first kappa shape index (κ1) is 16.3. The van der Waals surface area contributed by atoms with Crippen LogP contribution in [0.25, 0.3) is 0 Å². The van der Waals surface area contributed by atoms with Gasteiger partial charge in [0.05, 0.1) is 12.2 Å². The van der Waals surface area contributed by atoms with E-state index in [1.165, 1.54) is 19.1 Å². The van der Waals surface area contributed by atoms with Gasteiger partial charge in [0.15, 0.2) is 5.78 Å². The number of aliphatic hydroxyl groups is 2. The average molecular weight is 284 g/mol. The van der Waals surface area contributed by atoms with E-state index in [9.17, 15) is 15.0 Å². The first-order valence-corrected chi connectivity index (χ1v) is 6.31. The second-order valence-corrected chi connectivity index (χ2v) is 4.69. The number of carbonyl (C=O) groups is 1. The fraction of sp³-hybridized carbons (Fsp3) is 0.500. The Labute approximate surface area is 117 Å². The Morgan fingerprint density at radius 3 is 2.20 bits per heavy atom. The number of carbonyl (C=O) groups excluding carboxylic acids is 1. The van der Waals surface area contributed by atoms with E-state index in [1.807, 2.05) is 0 Å². The van der Waals surface area contributed by atoms with Gasteiger partial charge >= 0.3 is 0 Å². The van der Waals surface area contributed by atoms with Gasteiger partial charge in [0.2, 0.25) is 0 Å². The van der Waals surface area contributed by atoms with Crippen LogP contribution in [0.15, 0.2) is 12.1 Å². The van der Waals surface area contributed by atoms with E-state index in [1.54, 1.807) is 13.8 Å². The molecule has 0 bridgehead atoms. The highest BCUT2D eigenvalue weighted by atomic mass is 16.5. The summed E-state index contributed by atoms with van der Waals surface area (Å²) in [6.45, 7) is 4.45. The zero-order valence-electron chi connectivity index (χ0n) is 11.8. The molecule has 0 aromatic heterocycles. The third-order valence-electron chi connectivity index (χ3n) is 2.38. The highest BCUT2D eigenvalue weighted by Gasteiger charge is 2.17. The van der Waals surface area contributed by atoms with Crippen molar-refractivity contribution in [2.75, 3.05) is 13.2 Å². The number of hydrogen-bond acceptors (Lipinski definition) is 6. The summed E-state index contributed by atoms with van der Waals surface area (Å²) >= 11 is 0. The molecule has 0 spiro atoms. The molecule has 6 nitrogen and oxygen atoms in total. The number of ether oxygens (including phenoxy) is 2. The van der Waals surface area contributed by atoms with Crippen LogP contribution in [0.1, 0.15) is 31.1 Å². The van der Waals surface area contributed by atoms with Gasteiger partial charge in [0, 0.05) is 12.1 Å². The Kier molecular flexibility index (Phi) is 5.79. The van der Waals surface area contributed by atoms with Gasteiger partial charge in [0.1, 0.15) is 36.0 Å². The van der Waals surface area contributed by atoms with Crippen molar-refractivity contribution in [3.8, 4) is 17.2 Å². The summed E-state index contributed by atoms with van der Waals surface area (Å²) in [5, 5.41) is 28.3. The molecular weight excluding hydrogens is 264 g/mol. The number of hydrogen-bond donors (Lipinski definition) is 3. The number of Topliss-reactive ketones (excluding diaryl/α,β-unsaturated/α-hetero) is 1. The smallest absolute Gasteiger partial charge is 0.167 e. The topological polar surface area (TPSA) is 96.2 Å². The van der Waals surface area contributed by atoms with Crippen molar-refractivity contribution in [2.24, 2.45) is 0 Å². The molecule has 0 radical (unpaired) electrons. The number of aliphatic hydroxyl groups excluding tert-OH is 2. The lowest BCUT2D eigenvalue weighted by atomic mass is 10.1. The van der Waals surface area contributed by atoms with Crippen LogP contribution in [0.5, 0.6) is 17.2 Å². The van der Waals surface area contributed by atoms with E-state index in [-0.39, 0.29) is 41.8 Å². The second-order valence-electron chi connectivity index (χ2n) is 4.69. The molecule has 0 saturated carbocycles. The van der Waals surface area contributed by atoms with Crippen molar-refractivity contribution in [2.45, 2.75) is 33.0 Å². The zero-order chi connectivity index (χ0) is 15.3. The van der Waals surface area contributed by atoms with Crippen molar-refractivity contribution in [3.63, 3.8) is 0 Å². The SMILES string of the molecule is CC(=O)c1c(O)cc(OCC(C)O)cc1OCC(C)O. The lowest BCUT2D eigenvalue weighted by Crippen LogP contribution is -2.15. The quantitative estimate of drug-likeness (QED) is 0.649. The molecule has 6 heteroatoms. The fourth-order valence-electron chi connectivity index (χ4n) is 1.55. The highest BCUT2D eigenvalue weighted by molar-refractivity contribution is 5.99. The van der Waals surface area contributed by atoms with Gasteiger partial charge in [-0.2, -0.15) is 0 Å². The standard InChI is InChI=1S/C14H20O6/c1-8(15)6-19-11-4-12(18)14(10(3)17)13(5-11)20-7-9(2)16/h4-5,8-9,15-16,18H,6-7H2,1-3H3. The lowest BCUT2D eigenvalue weighted by molar-refractivity contribution is 0.0989. The molecular formula is C14H20O6. The molecule has 1 aromatic rings. The molecule has 2 atom stereocenters. The molecule has 112 valence electrons. The predicted octanol–water partition coefficient (Wildman–Crippen LogP) is 1.11. The molecule has 0 saturated heterocycles. The normalized spacial score (nSPS) is 13.7. The molecule has 0 fully saturated rings. The summed E-state index contributed by atoms with van der Waals surface area (Å²) in [6.07, 6.45) is -1.37. The molecule has 0 amide bonds. The number of ketones is 1. The van der Waals surface area contributed by atoms with Crippen LogP contribution in [0, 0.1) is 0 Å². The van der Waals surface area contributed by atoms with Gasteiger partial charge in [-0.25, -0.2) is 0 Å². The largest absolute Gasteiger partial charge is 0.507 e. The van der Waals surface area contributed by atoms with E-state index >= 15 is 0 Å². The van der Waals surface area contributed by atoms with Crippen LogP contribution in [0.4, 0.5) is 0 Å². The highest BCUT2D eigenvalue weighted by Crippen LogP contribution is 2.34. The monoisotopic (exact) mass is 284 g/mol. The third kappa shape index (κ3) is 4.71. The first-order valence-electron chi connectivity index (χ1n) is 6.31. The van der Waals surface area contributed by atoms with Crippen LogP contribution in [0.2, 0.25) is 0 Å². The van der Waals surface area contributed by atoms with E-state index in [0.29, 0.717) is 0 Å². The number of rotatable bonds is 7. The predicted molar refractivity (Wildman–Crippen MR) is 72.5 cm³/mol. The van der Waals surface area contributed by atoms with Crippen LogP contribution < -0.4 is 9.47 Å². The van der Waals surface area contributed by atoms with E-state index in [2.05, 4.69) is 0 Å². The Morgan fingerprint density at radius 2 is 1.70 bits per heavy atom. The maximum atomic E-state index is 11.5. The van der Waals surface area contributed by atoms with Crippen LogP contribution >= 0.6 is 0 Å². The van der Waals surface area contributed by atoms with E-state index in [0.717, 1.165) is 0 Å². The Hall–Kier alpha value is -1.79. The first-order chi connectivity index (χ1) is 9.31. The zero-order valence-corrected chi connectivity index (χ0v) is 11.8. The van der Waals surface area contributed by atoms with Gasteiger partial charge in [0.25, 0.3) is 0 Å². The minimum absolute atomic E-state index is 0.0143. The number of aromatic hydroxyl groups is 1. The van der Waals surface area contributed by atoms with Gasteiger partial charge in [-0.05, 0) is 20.8 Å². The van der Waals surface area contributed by atoms with Crippen molar-refractivity contribution >= 4 is 5.78 Å². The maximum absolute atomic E-state index is 11.5. The van der Waals surface area contributed by atoms with E-state index in [4.69, 9.17) is 14.6 Å². The number of phenolic OH excluding ortho intramolecular Hbond substituents is 1. The Bertz CT molecular complexity index is 467. The minimum Gasteiger partial charge on any atom is -0.507 e. The molecule has 0 aliphatic heterocycles. The average Bonchev–Trinajstić information content (AvgIpc) is 2.32. The Balaban J connectivity index is 3.04. The van der Waals surface area contributed by atoms with Crippen LogP contribution in [-0.4, -0.2) is 46.5 Å². The fourth-order valence-corrected chi connectivity index (χ4v) is 1.55. The molecule has 2 unspecified atom stereocenters. The molecule has 0 heterocycles. The van der Waals surface area contributed by atoms with Crippen molar-refractivity contribution < 1.29 is 29.6 Å². The summed E-state index contributed by atoms with van der Waals surface area (Å²) in [7, 11) is 0. The Morgan fingerprint density at radius 1 is 1.15 bits per heavy atom. The van der Waals surface area contributed by atoms with Gasteiger partial charge < -0.3 is 24.8 Å². The third-order valence-corrected chi connectivity index (χ3v) is 2.38. The summed E-state index contributed by atoms with van der Waals surface area (Å²) in [5.41, 5.74) is 0.0371. The summed E-state index contributed by atoms with van der Waals surface area (Å²) in [6, 6.07) is 2.73. The van der Waals surface area contributed by atoms with Gasteiger partial charge in [-0.1, -0.05) is 0 Å². The summed E-state index contributed by atoms with van der Waals surface area (Å²) < 4.78 is 10.6. The summed E-state index contributed by atoms with van der Waals surface area (Å²) in [4.78, 5) is 11.5. The van der Waals surface area contributed by atoms with Crippen LogP contribution in [-0.2, 0) is 0 Å². The van der Waals surface area contributed by atoms with Crippen LogP contribution in [0.3, 0.4) is 0 Å². The lowest BCUT2D eigenvalue weighted by Gasteiger charge is -2.15. The number of benzene rings is 1. The molecule has 1 aromatic carbocycles.